The lowest BCUT2D eigenvalue weighted by molar-refractivity contribution is -0.137. The molecule has 0 aliphatic rings. The number of nitriles is 1. The second-order valence-corrected chi connectivity index (χ2v) is 6.24. The summed E-state index contributed by atoms with van der Waals surface area (Å²) in [6.45, 7) is 3.93. The molecule has 0 aliphatic heterocycles. The molecule has 2 nitrogen and oxygen atoms in total. The summed E-state index contributed by atoms with van der Waals surface area (Å²) >= 11 is 0. The van der Waals surface area contributed by atoms with Crippen molar-refractivity contribution in [1.29, 1.82) is 5.26 Å². The van der Waals surface area contributed by atoms with Crippen molar-refractivity contribution in [3.63, 3.8) is 0 Å². The fourth-order valence-corrected chi connectivity index (χ4v) is 3.08. The Kier molecular flexibility index (Phi) is 4.91. The second kappa shape index (κ2) is 7.16. The van der Waals surface area contributed by atoms with E-state index < -0.39 is 11.7 Å². The van der Waals surface area contributed by atoms with Crippen molar-refractivity contribution < 1.29 is 13.2 Å². The Morgan fingerprint density at radius 3 is 2.19 bits per heavy atom. The van der Waals surface area contributed by atoms with Crippen LogP contribution in [0.15, 0.2) is 60.7 Å². The summed E-state index contributed by atoms with van der Waals surface area (Å²) < 4.78 is 40.3. The van der Waals surface area contributed by atoms with Gasteiger partial charge in [0.2, 0.25) is 0 Å². The first-order chi connectivity index (χ1) is 12.8. The third kappa shape index (κ3) is 3.80. The monoisotopic (exact) mass is 366 g/mol. The third-order valence-electron chi connectivity index (χ3n) is 4.43. The van der Waals surface area contributed by atoms with E-state index in [9.17, 15) is 18.4 Å². The summed E-state index contributed by atoms with van der Waals surface area (Å²) in [6, 6.07) is 18.5. The lowest BCUT2D eigenvalue weighted by Gasteiger charge is -2.09. The van der Waals surface area contributed by atoms with E-state index in [0.29, 0.717) is 11.1 Å². The minimum atomic E-state index is -4.39. The molecule has 0 saturated heterocycles. The molecule has 1 heterocycles. The normalized spacial score (nSPS) is 12.1. The summed E-state index contributed by atoms with van der Waals surface area (Å²) in [7, 11) is 0. The number of allylic oxidation sites excluding steroid dienone is 1. The average molecular weight is 366 g/mol. The van der Waals surface area contributed by atoms with Crippen LogP contribution >= 0.6 is 0 Å². The van der Waals surface area contributed by atoms with Crippen molar-refractivity contribution in [2.24, 2.45) is 0 Å². The number of nitrogens with zero attached hydrogens (tertiary/aromatic N) is 2. The van der Waals surface area contributed by atoms with Crippen LogP contribution in [0, 0.1) is 25.2 Å². The third-order valence-corrected chi connectivity index (χ3v) is 4.43. The summed E-state index contributed by atoms with van der Waals surface area (Å²) in [6.07, 6.45) is -2.68. The Labute approximate surface area is 155 Å². The second-order valence-electron chi connectivity index (χ2n) is 6.24. The van der Waals surface area contributed by atoms with Crippen LogP contribution in [-0.4, -0.2) is 4.57 Å². The highest BCUT2D eigenvalue weighted by Gasteiger charge is 2.30. The minimum absolute atomic E-state index is 0.317. The van der Waals surface area contributed by atoms with E-state index in [4.69, 9.17) is 0 Å². The van der Waals surface area contributed by atoms with Crippen molar-refractivity contribution >= 4 is 11.6 Å². The molecule has 0 unspecified atom stereocenters. The molecule has 3 aromatic rings. The van der Waals surface area contributed by atoms with Crippen LogP contribution in [0.5, 0.6) is 0 Å². The van der Waals surface area contributed by atoms with Gasteiger partial charge in [0, 0.05) is 17.1 Å². The molecule has 1 aromatic heterocycles. The van der Waals surface area contributed by atoms with Gasteiger partial charge in [-0.05, 0) is 61.4 Å². The van der Waals surface area contributed by atoms with Gasteiger partial charge in [0.05, 0.1) is 17.2 Å². The Hall–Kier alpha value is -3.26. The first-order valence-corrected chi connectivity index (χ1v) is 8.35. The van der Waals surface area contributed by atoms with Gasteiger partial charge in [-0.3, -0.25) is 0 Å². The minimum Gasteiger partial charge on any atom is -0.318 e. The number of hydrogen-bond acceptors (Lipinski definition) is 1. The molecule has 136 valence electrons. The number of para-hydroxylation sites is 1. The molecule has 0 atom stereocenters. The van der Waals surface area contributed by atoms with Crippen LogP contribution < -0.4 is 0 Å². The molecular weight excluding hydrogens is 349 g/mol. The van der Waals surface area contributed by atoms with Gasteiger partial charge in [0.25, 0.3) is 0 Å². The standard InChI is InChI=1S/C22H17F3N2/c1-15-12-18(16(2)27(15)21-6-4-3-5-7-21)13-19(14-26)17-8-10-20(11-9-17)22(23,24)25/h3-13H,1-2H3/b19-13-. The first kappa shape index (κ1) is 18.5. The van der Waals surface area contributed by atoms with E-state index in [1.807, 2.05) is 50.2 Å². The van der Waals surface area contributed by atoms with Crippen molar-refractivity contribution in [3.05, 3.63) is 88.7 Å². The molecular formula is C22H17F3N2. The maximum atomic E-state index is 12.7. The van der Waals surface area contributed by atoms with Crippen LogP contribution in [0.1, 0.15) is 28.1 Å². The first-order valence-electron chi connectivity index (χ1n) is 8.35. The summed E-state index contributed by atoms with van der Waals surface area (Å²) in [5, 5.41) is 9.51. The van der Waals surface area contributed by atoms with E-state index in [1.165, 1.54) is 12.1 Å². The number of benzene rings is 2. The van der Waals surface area contributed by atoms with Gasteiger partial charge in [-0.15, -0.1) is 0 Å². The number of alkyl halides is 3. The van der Waals surface area contributed by atoms with E-state index in [2.05, 4.69) is 10.6 Å². The van der Waals surface area contributed by atoms with Crippen LogP contribution in [-0.2, 0) is 6.18 Å². The number of aromatic nitrogens is 1. The molecule has 0 N–H and O–H groups in total. The Morgan fingerprint density at radius 1 is 1.00 bits per heavy atom. The zero-order chi connectivity index (χ0) is 19.6. The predicted octanol–water partition coefficient (Wildman–Crippen LogP) is 6.18. The molecule has 2 aromatic carbocycles. The van der Waals surface area contributed by atoms with Crippen LogP contribution in [0.2, 0.25) is 0 Å². The SMILES string of the molecule is Cc1cc(/C=C(/C#N)c2ccc(C(F)(F)F)cc2)c(C)n1-c1ccccc1. The smallest absolute Gasteiger partial charge is 0.318 e. The summed E-state index contributed by atoms with van der Waals surface area (Å²) in [5.41, 5.74) is 3.87. The average Bonchev–Trinajstić information content (AvgIpc) is 2.93. The number of rotatable bonds is 3. The Morgan fingerprint density at radius 2 is 1.63 bits per heavy atom. The molecule has 5 heteroatoms. The van der Waals surface area contributed by atoms with Crippen LogP contribution in [0.3, 0.4) is 0 Å². The zero-order valence-electron chi connectivity index (χ0n) is 14.9. The van der Waals surface area contributed by atoms with Crippen LogP contribution in [0.4, 0.5) is 13.2 Å². The summed E-state index contributed by atoms with van der Waals surface area (Å²) in [4.78, 5) is 0. The highest BCUT2D eigenvalue weighted by Crippen LogP contribution is 2.31. The molecule has 0 radical (unpaired) electrons. The molecule has 0 saturated carbocycles. The highest BCUT2D eigenvalue weighted by molar-refractivity contribution is 5.90. The molecule has 0 aliphatic carbocycles. The Bertz CT molecular complexity index is 1020. The van der Waals surface area contributed by atoms with E-state index in [0.717, 1.165) is 34.8 Å². The number of aryl methyl sites for hydroxylation is 1. The molecule has 0 spiro atoms. The lowest BCUT2D eigenvalue weighted by atomic mass is 10.0. The van der Waals surface area contributed by atoms with Crippen molar-refractivity contribution in [1.82, 2.24) is 4.57 Å². The van der Waals surface area contributed by atoms with Gasteiger partial charge < -0.3 is 4.57 Å². The number of halogens is 3. The van der Waals surface area contributed by atoms with Crippen molar-refractivity contribution in [3.8, 4) is 11.8 Å². The fraction of sp³-hybridized carbons (Fsp3) is 0.136. The van der Waals surface area contributed by atoms with Crippen molar-refractivity contribution in [2.75, 3.05) is 0 Å². The molecule has 0 bridgehead atoms. The molecule has 3 rings (SSSR count). The van der Waals surface area contributed by atoms with Gasteiger partial charge in [0.1, 0.15) is 0 Å². The highest BCUT2D eigenvalue weighted by atomic mass is 19.4. The quantitative estimate of drug-likeness (QED) is 0.509. The van der Waals surface area contributed by atoms with Gasteiger partial charge in [-0.1, -0.05) is 30.3 Å². The van der Waals surface area contributed by atoms with Gasteiger partial charge in [-0.25, -0.2) is 0 Å². The maximum absolute atomic E-state index is 12.7. The van der Waals surface area contributed by atoms with Crippen molar-refractivity contribution in [2.45, 2.75) is 20.0 Å². The predicted molar refractivity (Wildman–Crippen MR) is 100 cm³/mol. The molecule has 27 heavy (non-hydrogen) atoms. The van der Waals surface area contributed by atoms with Gasteiger partial charge in [0.15, 0.2) is 0 Å². The van der Waals surface area contributed by atoms with Gasteiger partial charge >= 0.3 is 6.18 Å². The topological polar surface area (TPSA) is 28.7 Å². The van der Waals surface area contributed by atoms with Gasteiger partial charge in [-0.2, -0.15) is 18.4 Å². The van der Waals surface area contributed by atoms with E-state index in [-0.39, 0.29) is 0 Å². The zero-order valence-corrected chi connectivity index (χ0v) is 14.9. The van der Waals surface area contributed by atoms with E-state index >= 15 is 0 Å². The summed E-state index contributed by atoms with van der Waals surface area (Å²) in [5.74, 6) is 0. The maximum Gasteiger partial charge on any atom is 0.416 e. The number of hydrogen-bond donors (Lipinski definition) is 0. The molecule has 0 amide bonds. The van der Waals surface area contributed by atoms with E-state index in [1.54, 1.807) is 6.08 Å². The van der Waals surface area contributed by atoms with Crippen LogP contribution in [0.25, 0.3) is 17.3 Å². The molecule has 0 fully saturated rings. The Balaban J connectivity index is 2.01. The lowest BCUT2D eigenvalue weighted by Crippen LogP contribution is -2.04. The largest absolute Gasteiger partial charge is 0.416 e. The fourth-order valence-electron chi connectivity index (χ4n) is 3.08.